The molecule has 0 bridgehead atoms. The molecule has 1 aliphatic rings. The lowest BCUT2D eigenvalue weighted by Crippen LogP contribution is -2.29. The number of nitrogens with zero attached hydrogens (tertiary/aromatic N) is 1. The molecule has 2 amide bonds. The standard InChI is InChI=1S/C28H27NO2/c30-27-16-17-28(31)29(27)18-8-2-1-3-9-20-14-15-25-23-12-5-4-10-21(23)22-11-6-7-13-24(22)26(25)19-20/h4-7,10-15,19H,1-3,8-9,16-18H2. The molecule has 156 valence electrons. The largest absolute Gasteiger partial charge is 0.283 e. The van der Waals surface area contributed by atoms with Crippen LogP contribution in [0, 0.1) is 0 Å². The summed E-state index contributed by atoms with van der Waals surface area (Å²) in [6.45, 7) is 0.590. The van der Waals surface area contributed by atoms with Gasteiger partial charge in [0.05, 0.1) is 0 Å². The van der Waals surface area contributed by atoms with E-state index >= 15 is 0 Å². The lowest BCUT2D eigenvalue weighted by molar-refractivity contribution is -0.138. The molecule has 5 rings (SSSR count). The molecule has 31 heavy (non-hydrogen) atoms. The lowest BCUT2D eigenvalue weighted by atomic mass is 9.92. The van der Waals surface area contributed by atoms with Crippen molar-refractivity contribution in [3.05, 3.63) is 72.3 Å². The molecule has 0 saturated carbocycles. The maximum absolute atomic E-state index is 11.7. The first kappa shape index (κ1) is 19.7. The number of benzene rings is 4. The highest BCUT2D eigenvalue weighted by Gasteiger charge is 2.27. The van der Waals surface area contributed by atoms with Gasteiger partial charge in [0.1, 0.15) is 0 Å². The van der Waals surface area contributed by atoms with E-state index in [1.807, 2.05) is 0 Å². The molecule has 0 aromatic heterocycles. The number of likely N-dealkylation sites (tertiary alicyclic amines) is 1. The van der Waals surface area contributed by atoms with Gasteiger partial charge in [0.25, 0.3) is 0 Å². The number of fused-ring (bicyclic) bond motifs is 6. The van der Waals surface area contributed by atoms with Crippen molar-refractivity contribution < 1.29 is 9.59 Å². The molecular weight excluding hydrogens is 382 g/mol. The number of hydrogen-bond donors (Lipinski definition) is 0. The molecule has 1 aliphatic heterocycles. The zero-order valence-electron chi connectivity index (χ0n) is 17.8. The molecule has 4 aromatic carbocycles. The number of carbonyl (C=O) groups excluding carboxylic acids is 2. The summed E-state index contributed by atoms with van der Waals surface area (Å²) in [7, 11) is 0. The summed E-state index contributed by atoms with van der Waals surface area (Å²) in [6, 6.07) is 24.3. The van der Waals surface area contributed by atoms with E-state index in [1.165, 1.54) is 42.8 Å². The molecule has 0 aliphatic carbocycles. The van der Waals surface area contributed by atoms with Crippen LogP contribution < -0.4 is 0 Å². The first-order valence-corrected chi connectivity index (χ1v) is 11.4. The summed E-state index contributed by atoms with van der Waals surface area (Å²) in [5.74, 6) is 0.00169. The van der Waals surface area contributed by atoms with Gasteiger partial charge in [-0.25, -0.2) is 0 Å². The third-order valence-electron chi connectivity index (χ3n) is 6.56. The van der Waals surface area contributed by atoms with E-state index in [0.29, 0.717) is 19.4 Å². The van der Waals surface area contributed by atoms with Crippen molar-refractivity contribution in [1.82, 2.24) is 4.90 Å². The molecule has 4 aromatic rings. The SMILES string of the molecule is O=C1CCC(=O)N1CCCCCCc1ccc2c3ccccc3c3ccccc3c2c1. The molecule has 0 spiro atoms. The number of amides is 2. The molecule has 1 heterocycles. The summed E-state index contributed by atoms with van der Waals surface area (Å²) >= 11 is 0. The number of unbranched alkanes of at least 4 members (excludes halogenated alkanes) is 3. The Labute approximate surface area is 182 Å². The summed E-state index contributed by atoms with van der Waals surface area (Å²) in [5.41, 5.74) is 1.37. The second-order valence-corrected chi connectivity index (χ2v) is 8.57. The van der Waals surface area contributed by atoms with Crippen molar-refractivity contribution >= 4 is 44.1 Å². The predicted molar refractivity (Wildman–Crippen MR) is 127 cm³/mol. The van der Waals surface area contributed by atoms with Crippen molar-refractivity contribution in [2.24, 2.45) is 0 Å². The van der Waals surface area contributed by atoms with Crippen molar-refractivity contribution in [2.75, 3.05) is 6.54 Å². The van der Waals surface area contributed by atoms with Crippen LogP contribution in [0.2, 0.25) is 0 Å². The van der Waals surface area contributed by atoms with Gasteiger partial charge in [0.2, 0.25) is 11.8 Å². The molecule has 0 N–H and O–H groups in total. The van der Waals surface area contributed by atoms with Gasteiger partial charge in [-0.05, 0) is 57.1 Å². The Morgan fingerprint density at radius 2 is 1.10 bits per heavy atom. The highest BCUT2D eigenvalue weighted by Crippen LogP contribution is 2.35. The maximum Gasteiger partial charge on any atom is 0.229 e. The van der Waals surface area contributed by atoms with Crippen LogP contribution in [0.25, 0.3) is 32.3 Å². The topological polar surface area (TPSA) is 37.4 Å². The van der Waals surface area contributed by atoms with E-state index in [1.54, 1.807) is 0 Å². The average Bonchev–Trinajstić information content (AvgIpc) is 3.13. The molecule has 3 nitrogen and oxygen atoms in total. The highest BCUT2D eigenvalue weighted by atomic mass is 16.2. The molecule has 0 unspecified atom stereocenters. The van der Waals surface area contributed by atoms with Gasteiger partial charge in [-0.15, -0.1) is 0 Å². The van der Waals surface area contributed by atoms with Crippen molar-refractivity contribution in [3.8, 4) is 0 Å². The third kappa shape index (κ3) is 3.81. The number of aryl methyl sites for hydroxylation is 1. The third-order valence-corrected chi connectivity index (χ3v) is 6.56. The normalized spacial score (nSPS) is 14.4. The smallest absolute Gasteiger partial charge is 0.229 e. The number of carbonyl (C=O) groups is 2. The summed E-state index contributed by atoms with van der Waals surface area (Å²) in [4.78, 5) is 24.8. The minimum atomic E-state index is 0.000846. The van der Waals surface area contributed by atoms with Crippen molar-refractivity contribution in [2.45, 2.75) is 44.9 Å². The number of rotatable bonds is 7. The minimum absolute atomic E-state index is 0.000846. The maximum atomic E-state index is 11.7. The monoisotopic (exact) mass is 409 g/mol. The average molecular weight is 410 g/mol. The second-order valence-electron chi connectivity index (χ2n) is 8.57. The first-order chi connectivity index (χ1) is 15.2. The summed E-state index contributed by atoms with van der Waals surface area (Å²) in [5, 5.41) is 7.91. The molecule has 0 atom stereocenters. The van der Waals surface area contributed by atoms with Crippen LogP contribution in [-0.2, 0) is 16.0 Å². The lowest BCUT2D eigenvalue weighted by Gasteiger charge is -2.13. The van der Waals surface area contributed by atoms with Crippen molar-refractivity contribution in [3.63, 3.8) is 0 Å². The Bertz CT molecular complexity index is 1240. The quantitative estimate of drug-likeness (QED) is 0.201. The zero-order chi connectivity index (χ0) is 21.2. The molecule has 0 radical (unpaired) electrons. The van der Waals surface area contributed by atoms with Crippen LogP contribution in [0.1, 0.15) is 44.1 Å². The highest BCUT2D eigenvalue weighted by molar-refractivity contribution is 6.25. The Morgan fingerprint density at radius 3 is 1.71 bits per heavy atom. The van der Waals surface area contributed by atoms with Crippen LogP contribution in [-0.4, -0.2) is 23.3 Å². The second kappa shape index (κ2) is 8.50. The predicted octanol–water partition coefficient (Wildman–Crippen LogP) is 6.40. The minimum Gasteiger partial charge on any atom is -0.283 e. The van der Waals surface area contributed by atoms with Gasteiger partial charge < -0.3 is 0 Å². The van der Waals surface area contributed by atoms with E-state index in [9.17, 15) is 9.59 Å². The fourth-order valence-corrected chi connectivity index (χ4v) is 4.94. The van der Waals surface area contributed by atoms with Crippen molar-refractivity contribution in [1.29, 1.82) is 0 Å². The zero-order valence-corrected chi connectivity index (χ0v) is 17.8. The number of hydrogen-bond acceptors (Lipinski definition) is 2. The Morgan fingerprint density at radius 1 is 0.581 bits per heavy atom. The Hall–Kier alpha value is -3.20. The van der Waals surface area contributed by atoms with Gasteiger partial charge in [-0.3, -0.25) is 14.5 Å². The van der Waals surface area contributed by atoms with Gasteiger partial charge in [-0.2, -0.15) is 0 Å². The van der Waals surface area contributed by atoms with Crippen LogP contribution in [0.15, 0.2) is 66.7 Å². The van der Waals surface area contributed by atoms with E-state index in [4.69, 9.17) is 0 Å². The van der Waals surface area contributed by atoms with E-state index in [2.05, 4.69) is 66.7 Å². The van der Waals surface area contributed by atoms with Gasteiger partial charge in [0.15, 0.2) is 0 Å². The molecule has 1 saturated heterocycles. The Balaban J connectivity index is 1.28. The molecular formula is C28H27NO2. The summed E-state index contributed by atoms with van der Waals surface area (Å²) < 4.78 is 0. The van der Waals surface area contributed by atoms with Crippen LogP contribution in [0.3, 0.4) is 0 Å². The number of imide groups is 1. The van der Waals surface area contributed by atoms with Crippen LogP contribution >= 0.6 is 0 Å². The van der Waals surface area contributed by atoms with Gasteiger partial charge >= 0.3 is 0 Å². The first-order valence-electron chi connectivity index (χ1n) is 11.4. The Kier molecular flexibility index (Phi) is 5.42. The van der Waals surface area contributed by atoms with E-state index < -0.39 is 0 Å². The molecule has 1 fully saturated rings. The van der Waals surface area contributed by atoms with Crippen LogP contribution in [0.5, 0.6) is 0 Å². The van der Waals surface area contributed by atoms with Crippen LogP contribution in [0.4, 0.5) is 0 Å². The van der Waals surface area contributed by atoms with Gasteiger partial charge in [-0.1, -0.05) is 79.6 Å². The summed E-state index contributed by atoms with van der Waals surface area (Å²) in [6.07, 6.45) is 6.05. The van der Waals surface area contributed by atoms with E-state index in [-0.39, 0.29) is 11.8 Å². The van der Waals surface area contributed by atoms with E-state index in [0.717, 1.165) is 32.1 Å². The fraction of sp³-hybridized carbons (Fsp3) is 0.286. The fourth-order valence-electron chi connectivity index (χ4n) is 4.94. The molecule has 3 heteroatoms. The van der Waals surface area contributed by atoms with Gasteiger partial charge in [0, 0.05) is 19.4 Å².